The third-order valence-corrected chi connectivity index (χ3v) is 8.30. The maximum absolute atomic E-state index is 12.1. The van der Waals surface area contributed by atoms with Crippen molar-refractivity contribution in [3.63, 3.8) is 0 Å². The summed E-state index contributed by atoms with van der Waals surface area (Å²) in [6.45, 7) is 3.56. The van der Waals surface area contributed by atoms with E-state index >= 15 is 0 Å². The van der Waals surface area contributed by atoms with Crippen molar-refractivity contribution in [3.05, 3.63) is 151 Å². The minimum absolute atomic E-state index is 0.474. The van der Waals surface area contributed by atoms with Crippen LogP contribution < -0.4 is 4.74 Å². The van der Waals surface area contributed by atoms with Crippen LogP contribution in [0.3, 0.4) is 0 Å². The van der Waals surface area contributed by atoms with Crippen molar-refractivity contribution >= 4 is 29.5 Å². The van der Waals surface area contributed by atoms with Crippen LogP contribution in [0.15, 0.2) is 150 Å². The number of thioether (sulfide) groups is 2. The van der Waals surface area contributed by atoms with Gasteiger partial charge >= 0.3 is 5.97 Å². The summed E-state index contributed by atoms with van der Waals surface area (Å²) >= 11 is 3.61. The van der Waals surface area contributed by atoms with Crippen LogP contribution in [-0.4, -0.2) is 5.97 Å². The number of rotatable bonds is 10. The summed E-state index contributed by atoms with van der Waals surface area (Å²) in [5, 5.41) is 0. The molecule has 39 heavy (non-hydrogen) atoms. The highest BCUT2D eigenvalue weighted by atomic mass is 32.2. The van der Waals surface area contributed by atoms with Gasteiger partial charge in [-0.15, -0.1) is 23.5 Å². The summed E-state index contributed by atoms with van der Waals surface area (Å²) in [6, 6.07) is 43.9. The Morgan fingerprint density at radius 1 is 0.615 bits per heavy atom. The van der Waals surface area contributed by atoms with Crippen LogP contribution in [-0.2, 0) is 16.3 Å². The van der Waals surface area contributed by atoms with E-state index in [2.05, 4.69) is 110 Å². The van der Waals surface area contributed by atoms with Gasteiger partial charge in [-0.2, -0.15) is 0 Å². The Labute approximate surface area is 238 Å². The van der Waals surface area contributed by atoms with Crippen molar-refractivity contribution in [2.75, 3.05) is 0 Å². The highest BCUT2D eigenvalue weighted by Crippen LogP contribution is 2.37. The number of carbonyl (C=O) groups excluding carboxylic acids is 1. The van der Waals surface area contributed by atoms with Gasteiger partial charge in [-0.1, -0.05) is 97.6 Å². The Balaban J connectivity index is 1.43. The molecule has 0 radical (unpaired) electrons. The van der Waals surface area contributed by atoms with Crippen molar-refractivity contribution in [1.82, 2.24) is 0 Å². The number of hydrogen-bond donors (Lipinski definition) is 0. The molecule has 192 valence electrons. The SMILES string of the molecule is C=CC(=O)Oc1ccc(-c2cccc(SCc3ccccc3)c2)cc1-c1cccc(SCc2ccccc2)c1. The lowest BCUT2D eigenvalue weighted by atomic mass is 9.98. The number of esters is 1. The van der Waals surface area contributed by atoms with Gasteiger partial charge in [0.25, 0.3) is 0 Å². The summed E-state index contributed by atoms with van der Waals surface area (Å²) in [5.74, 6) is 1.84. The molecule has 0 bridgehead atoms. The fourth-order valence-corrected chi connectivity index (χ4v) is 6.00. The van der Waals surface area contributed by atoms with Gasteiger partial charge in [-0.25, -0.2) is 4.79 Å². The number of carbonyl (C=O) groups is 1. The van der Waals surface area contributed by atoms with E-state index in [0.717, 1.165) is 38.7 Å². The van der Waals surface area contributed by atoms with Crippen molar-refractivity contribution in [3.8, 4) is 28.0 Å². The molecule has 0 fully saturated rings. The Bertz CT molecular complexity index is 1560. The second kappa shape index (κ2) is 13.2. The van der Waals surface area contributed by atoms with Gasteiger partial charge in [0.2, 0.25) is 0 Å². The van der Waals surface area contributed by atoms with Gasteiger partial charge in [0, 0.05) is 32.9 Å². The summed E-state index contributed by atoms with van der Waals surface area (Å²) in [4.78, 5) is 14.5. The minimum Gasteiger partial charge on any atom is -0.423 e. The van der Waals surface area contributed by atoms with Crippen LogP contribution in [0.25, 0.3) is 22.3 Å². The fourth-order valence-electron chi connectivity index (χ4n) is 4.17. The normalized spacial score (nSPS) is 10.7. The van der Waals surface area contributed by atoms with Crippen LogP contribution in [0.2, 0.25) is 0 Å². The van der Waals surface area contributed by atoms with Crippen LogP contribution >= 0.6 is 23.5 Å². The van der Waals surface area contributed by atoms with Gasteiger partial charge in [0.1, 0.15) is 5.75 Å². The molecule has 0 saturated carbocycles. The average Bonchev–Trinajstić information content (AvgIpc) is 3.00. The average molecular weight is 545 g/mol. The molecule has 5 aromatic rings. The molecule has 0 saturated heterocycles. The van der Waals surface area contributed by atoms with E-state index in [4.69, 9.17) is 4.74 Å². The molecule has 0 spiro atoms. The molecule has 4 heteroatoms. The Hall–Kier alpha value is -3.99. The zero-order valence-corrected chi connectivity index (χ0v) is 23.1. The zero-order chi connectivity index (χ0) is 26.9. The van der Waals surface area contributed by atoms with Crippen LogP contribution in [0, 0.1) is 0 Å². The summed E-state index contributed by atoms with van der Waals surface area (Å²) in [6.07, 6.45) is 1.19. The standard InChI is InChI=1S/C35H28O2S2/c1-2-35(36)37-34-20-19-29(28-15-9-17-31(21-28)38-24-26-11-5-3-6-12-26)23-33(34)30-16-10-18-32(22-30)39-25-27-13-7-4-8-14-27/h2-23H,1,24-25H2. The van der Waals surface area contributed by atoms with E-state index in [-0.39, 0.29) is 0 Å². The van der Waals surface area contributed by atoms with E-state index in [0.29, 0.717) is 5.75 Å². The van der Waals surface area contributed by atoms with Gasteiger partial charge < -0.3 is 4.74 Å². The first kappa shape index (κ1) is 26.6. The maximum Gasteiger partial charge on any atom is 0.335 e. The summed E-state index contributed by atoms with van der Waals surface area (Å²) in [7, 11) is 0. The predicted octanol–water partition coefficient (Wildman–Crippen LogP) is 9.70. The number of ether oxygens (including phenoxy) is 1. The number of benzene rings is 5. The monoisotopic (exact) mass is 544 g/mol. The molecule has 0 N–H and O–H groups in total. The number of hydrogen-bond acceptors (Lipinski definition) is 4. The van der Waals surface area contributed by atoms with Crippen molar-refractivity contribution in [2.24, 2.45) is 0 Å². The molecule has 0 aliphatic carbocycles. The van der Waals surface area contributed by atoms with Crippen LogP contribution in [0.5, 0.6) is 5.75 Å². The lowest BCUT2D eigenvalue weighted by Gasteiger charge is -2.14. The molecule has 0 aliphatic heterocycles. The Kier molecular flexibility index (Phi) is 9.00. The summed E-state index contributed by atoms with van der Waals surface area (Å²) < 4.78 is 5.65. The van der Waals surface area contributed by atoms with E-state index < -0.39 is 5.97 Å². The zero-order valence-electron chi connectivity index (χ0n) is 21.5. The predicted molar refractivity (Wildman–Crippen MR) is 165 cm³/mol. The topological polar surface area (TPSA) is 26.3 Å². The highest BCUT2D eigenvalue weighted by Gasteiger charge is 2.13. The Morgan fingerprint density at radius 2 is 1.15 bits per heavy atom. The van der Waals surface area contributed by atoms with Crippen molar-refractivity contribution in [2.45, 2.75) is 21.3 Å². The second-order valence-corrected chi connectivity index (χ2v) is 11.0. The first-order valence-electron chi connectivity index (χ1n) is 12.7. The third kappa shape index (κ3) is 7.32. The van der Waals surface area contributed by atoms with Crippen LogP contribution in [0.4, 0.5) is 0 Å². The maximum atomic E-state index is 12.1. The minimum atomic E-state index is -0.474. The van der Waals surface area contributed by atoms with Crippen molar-refractivity contribution < 1.29 is 9.53 Å². The summed E-state index contributed by atoms with van der Waals surface area (Å²) in [5.41, 5.74) is 6.62. The third-order valence-electron chi connectivity index (χ3n) is 6.17. The lowest BCUT2D eigenvalue weighted by Crippen LogP contribution is -2.04. The highest BCUT2D eigenvalue weighted by molar-refractivity contribution is 7.98. The van der Waals surface area contributed by atoms with E-state index in [1.54, 1.807) is 11.8 Å². The van der Waals surface area contributed by atoms with E-state index in [1.807, 2.05) is 36.0 Å². The smallest absolute Gasteiger partial charge is 0.335 e. The van der Waals surface area contributed by atoms with E-state index in [1.165, 1.54) is 22.1 Å². The molecule has 0 aliphatic rings. The van der Waals surface area contributed by atoms with Gasteiger partial charge in [0.15, 0.2) is 0 Å². The molecule has 5 rings (SSSR count). The van der Waals surface area contributed by atoms with E-state index in [9.17, 15) is 4.79 Å². The molecule has 0 amide bonds. The molecule has 5 aromatic carbocycles. The second-order valence-electron chi connectivity index (χ2n) is 8.94. The molecule has 0 heterocycles. The Morgan fingerprint density at radius 3 is 1.74 bits per heavy atom. The fraction of sp³-hybridized carbons (Fsp3) is 0.0571. The van der Waals surface area contributed by atoms with Gasteiger partial charge in [-0.3, -0.25) is 0 Å². The molecule has 0 unspecified atom stereocenters. The molecular weight excluding hydrogens is 517 g/mol. The van der Waals surface area contributed by atoms with Crippen molar-refractivity contribution in [1.29, 1.82) is 0 Å². The molecule has 0 aromatic heterocycles. The molecular formula is C35H28O2S2. The first-order valence-corrected chi connectivity index (χ1v) is 14.7. The largest absolute Gasteiger partial charge is 0.423 e. The first-order chi connectivity index (χ1) is 19.2. The van der Waals surface area contributed by atoms with Crippen LogP contribution in [0.1, 0.15) is 11.1 Å². The molecule has 2 nitrogen and oxygen atoms in total. The molecule has 0 atom stereocenters. The lowest BCUT2D eigenvalue weighted by molar-refractivity contribution is -0.128. The van der Waals surface area contributed by atoms with Gasteiger partial charge in [0.05, 0.1) is 0 Å². The van der Waals surface area contributed by atoms with Gasteiger partial charge in [-0.05, 0) is 64.2 Å². The quantitative estimate of drug-likeness (QED) is 0.0756.